The number of carboxylic acid groups (broad SMARTS) is 1. The molecule has 0 saturated carbocycles. The highest BCUT2D eigenvalue weighted by Gasteiger charge is 2.07. The number of aryl methyl sites for hydroxylation is 1. The normalized spacial score (nSPS) is 9.94. The fourth-order valence-corrected chi connectivity index (χ4v) is 1.42. The molecule has 0 saturated heterocycles. The van der Waals surface area contributed by atoms with Crippen LogP contribution in [0.1, 0.15) is 18.4 Å². The summed E-state index contributed by atoms with van der Waals surface area (Å²) >= 11 is 0. The second-order valence-electron chi connectivity index (χ2n) is 3.68. The number of nitrogens with one attached hydrogen (secondary N) is 1. The molecule has 0 bridgehead atoms. The van der Waals surface area contributed by atoms with Crippen molar-refractivity contribution in [2.24, 2.45) is 0 Å². The van der Waals surface area contributed by atoms with Gasteiger partial charge in [-0.15, -0.1) is 0 Å². The zero-order valence-electron chi connectivity index (χ0n) is 9.47. The van der Waals surface area contributed by atoms with Crippen LogP contribution >= 0.6 is 0 Å². The van der Waals surface area contributed by atoms with Gasteiger partial charge in [0, 0.05) is 30.8 Å². The second-order valence-corrected chi connectivity index (χ2v) is 3.68. The Labute approximate surface area is 98.4 Å². The highest BCUT2D eigenvalue weighted by molar-refractivity contribution is 5.66. The van der Waals surface area contributed by atoms with Gasteiger partial charge < -0.3 is 10.4 Å². The average Bonchev–Trinajstić information content (AvgIpc) is 2.25. The van der Waals surface area contributed by atoms with Gasteiger partial charge in [-0.1, -0.05) is 0 Å². The number of aliphatic carboxylic acids is 1. The van der Waals surface area contributed by atoms with Crippen LogP contribution in [0.3, 0.4) is 0 Å². The Morgan fingerprint density at radius 3 is 2.76 bits per heavy atom. The van der Waals surface area contributed by atoms with Gasteiger partial charge in [-0.2, -0.15) is 0 Å². The molecule has 1 rings (SSSR count). The molecule has 0 aliphatic rings. The molecule has 0 heterocycles. The molecule has 1 aromatic carbocycles. The number of hydrogen-bond donors (Lipinski definition) is 2. The van der Waals surface area contributed by atoms with E-state index in [2.05, 4.69) is 5.32 Å². The Bertz CT molecular complexity index is 431. The maximum atomic E-state index is 10.5. The van der Waals surface area contributed by atoms with E-state index < -0.39 is 10.9 Å². The van der Waals surface area contributed by atoms with Gasteiger partial charge in [0.1, 0.15) is 0 Å². The molecule has 0 aliphatic heterocycles. The van der Waals surface area contributed by atoms with E-state index in [0.29, 0.717) is 13.0 Å². The number of rotatable bonds is 6. The van der Waals surface area contributed by atoms with E-state index in [1.54, 1.807) is 13.0 Å². The van der Waals surface area contributed by atoms with Crippen LogP contribution in [-0.4, -0.2) is 22.5 Å². The molecule has 0 aliphatic carbocycles. The van der Waals surface area contributed by atoms with Crippen molar-refractivity contribution in [3.05, 3.63) is 33.9 Å². The van der Waals surface area contributed by atoms with Crippen molar-refractivity contribution >= 4 is 17.3 Å². The molecule has 0 aromatic heterocycles. The van der Waals surface area contributed by atoms with E-state index in [1.807, 2.05) is 0 Å². The summed E-state index contributed by atoms with van der Waals surface area (Å²) in [5, 5.41) is 22.0. The SMILES string of the molecule is Cc1cc([N+](=O)[O-])ccc1NCCCC(=O)O. The summed E-state index contributed by atoms with van der Waals surface area (Å²) in [4.78, 5) is 20.4. The van der Waals surface area contributed by atoms with Crippen LogP contribution in [0.5, 0.6) is 0 Å². The highest BCUT2D eigenvalue weighted by Crippen LogP contribution is 2.20. The summed E-state index contributed by atoms with van der Waals surface area (Å²) in [6.07, 6.45) is 0.630. The predicted octanol–water partition coefficient (Wildman–Crippen LogP) is 2.18. The molecule has 0 atom stereocenters. The molecule has 2 N–H and O–H groups in total. The van der Waals surface area contributed by atoms with Crippen molar-refractivity contribution in [1.29, 1.82) is 0 Å². The number of nitro groups is 1. The summed E-state index contributed by atoms with van der Waals surface area (Å²) in [6, 6.07) is 4.54. The summed E-state index contributed by atoms with van der Waals surface area (Å²) in [5.41, 5.74) is 1.62. The average molecular weight is 238 g/mol. The first-order valence-electron chi connectivity index (χ1n) is 5.21. The first kappa shape index (κ1) is 13.0. The number of carbonyl (C=O) groups is 1. The molecule has 17 heavy (non-hydrogen) atoms. The van der Waals surface area contributed by atoms with Gasteiger partial charge in [0.2, 0.25) is 0 Å². The molecule has 0 unspecified atom stereocenters. The lowest BCUT2D eigenvalue weighted by molar-refractivity contribution is -0.384. The van der Waals surface area contributed by atoms with E-state index in [4.69, 9.17) is 5.11 Å². The lowest BCUT2D eigenvalue weighted by atomic mass is 10.1. The van der Waals surface area contributed by atoms with Crippen molar-refractivity contribution in [2.45, 2.75) is 19.8 Å². The van der Waals surface area contributed by atoms with E-state index in [0.717, 1.165) is 11.3 Å². The maximum absolute atomic E-state index is 10.5. The van der Waals surface area contributed by atoms with Gasteiger partial charge in [0.05, 0.1) is 4.92 Å². The fraction of sp³-hybridized carbons (Fsp3) is 0.364. The summed E-state index contributed by atoms with van der Waals surface area (Å²) < 4.78 is 0. The third-order valence-corrected chi connectivity index (χ3v) is 2.30. The van der Waals surface area contributed by atoms with E-state index in [-0.39, 0.29) is 12.1 Å². The number of nitro benzene ring substituents is 1. The molecule has 92 valence electrons. The van der Waals surface area contributed by atoms with Crippen LogP contribution in [-0.2, 0) is 4.79 Å². The molecule has 0 spiro atoms. The standard InChI is InChI=1S/C11H14N2O4/c1-8-7-9(13(16)17)4-5-10(8)12-6-2-3-11(14)15/h4-5,7,12H,2-3,6H2,1H3,(H,14,15). The number of nitrogens with zero attached hydrogens (tertiary/aromatic N) is 1. The van der Waals surface area contributed by atoms with E-state index in [9.17, 15) is 14.9 Å². The van der Waals surface area contributed by atoms with Crippen molar-refractivity contribution in [2.75, 3.05) is 11.9 Å². The number of benzene rings is 1. The monoisotopic (exact) mass is 238 g/mol. The number of non-ortho nitro benzene ring substituents is 1. The fourth-order valence-electron chi connectivity index (χ4n) is 1.42. The van der Waals surface area contributed by atoms with Crippen molar-refractivity contribution in [3.63, 3.8) is 0 Å². The van der Waals surface area contributed by atoms with Crippen molar-refractivity contribution in [1.82, 2.24) is 0 Å². The van der Waals surface area contributed by atoms with Crippen LogP contribution in [0.2, 0.25) is 0 Å². The molecule has 0 amide bonds. The largest absolute Gasteiger partial charge is 0.481 e. The summed E-state index contributed by atoms with van der Waals surface area (Å²) in [5.74, 6) is -0.827. The van der Waals surface area contributed by atoms with Crippen molar-refractivity contribution in [3.8, 4) is 0 Å². The molecule has 0 radical (unpaired) electrons. The summed E-state index contributed by atoms with van der Waals surface area (Å²) in [7, 11) is 0. The molecule has 0 fully saturated rings. The molecular formula is C11H14N2O4. The number of anilines is 1. The van der Waals surface area contributed by atoms with Crippen LogP contribution in [0.25, 0.3) is 0 Å². The van der Waals surface area contributed by atoms with Gasteiger partial charge in [0.25, 0.3) is 5.69 Å². The van der Waals surface area contributed by atoms with E-state index >= 15 is 0 Å². The minimum atomic E-state index is -0.827. The Balaban J connectivity index is 2.54. The number of hydrogen-bond acceptors (Lipinski definition) is 4. The first-order chi connectivity index (χ1) is 8.00. The Morgan fingerprint density at radius 1 is 1.53 bits per heavy atom. The second kappa shape index (κ2) is 5.83. The molecule has 6 nitrogen and oxygen atoms in total. The highest BCUT2D eigenvalue weighted by atomic mass is 16.6. The topological polar surface area (TPSA) is 92.5 Å². The minimum absolute atomic E-state index is 0.0542. The minimum Gasteiger partial charge on any atom is -0.481 e. The van der Waals surface area contributed by atoms with Crippen LogP contribution in [0.15, 0.2) is 18.2 Å². The first-order valence-corrected chi connectivity index (χ1v) is 5.21. The zero-order chi connectivity index (χ0) is 12.8. The van der Waals surface area contributed by atoms with Gasteiger partial charge in [0.15, 0.2) is 0 Å². The van der Waals surface area contributed by atoms with Crippen molar-refractivity contribution < 1.29 is 14.8 Å². The summed E-state index contributed by atoms with van der Waals surface area (Å²) in [6.45, 7) is 2.30. The van der Waals surface area contributed by atoms with Gasteiger partial charge in [-0.25, -0.2) is 0 Å². The van der Waals surface area contributed by atoms with Crippen LogP contribution < -0.4 is 5.32 Å². The van der Waals surface area contributed by atoms with Crippen LogP contribution in [0, 0.1) is 17.0 Å². The number of carboxylic acids is 1. The van der Waals surface area contributed by atoms with Gasteiger partial charge in [-0.05, 0) is 25.0 Å². The molecule has 1 aromatic rings. The molecular weight excluding hydrogens is 224 g/mol. The Morgan fingerprint density at radius 2 is 2.24 bits per heavy atom. The lowest BCUT2D eigenvalue weighted by Crippen LogP contribution is -2.06. The third kappa shape index (κ3) is 4.10. The Hall–Kier alpha value is -2.11. The smallest absolute Gasteiger partial charge is 0.303 e. The Kier molecular flexibility index (Phi) is 4.45. The quantitative estimate of drug-likeness (QED) is 0.450. The van der Waals surface area contributed by atoms with E-state index in [1.165, 1.54) is 12.1 Å². The third-order valence-electron chi connectivity index (χ3n) is 2.30. The molecule has 6 heteroatoms. The lowest BCUT2D eigenvalue weighted by Gasteiger charge is -2.08. The van der Waals surface area contributed by atoms with Gasteiger partial charge in [-0.3, -0.25) is 14.9 Å². The van der Waals surface area contributed by atoms with Gasteiger partial charge >= 0.3 is 5.97 Å². The van der Waals surface area contributed by atoms with Crippen LogP contribution in [0.4, 0.5) is 11.4 Å². The maximum Gasteiger partial charge on any atom is 0.303 e. The zero-order valence-corrected chi connectivity index (χ0v) is 9.47. The predicted molar refractivity (Wildman–Crippen MR) is 63.2 cm³/mol.